The Morgan fingerprint density at radius 3 is 2.96 bits per heavy atom. The largest absolute Gasteiger partial charge is 0.384 e. The standard InChI is InChI=1S/C15H12N6O2/c16-10-11-9-12(21(22)23)4-5-13(11)17-7-6-15-19-18-14-3-1-2-8-20(14)15/h1-5,8-9,17H,6-7H2. The van der Waals surface area contributed by atoms with Crippen LogP contribution in [0.1, 0.15) is 11.4 Å². The van der Waals surface area contributed by atoms with Crippen LogP contribution in [0.3, 0.4) is 0 Å². The minimum absolute atomic E-state index is 0.101. The first-order chi connectivity index (χ1) is 11.2. The lowest BCUT2D eigenvalue weighted by Gasteiger charge is -2.07. The zero-order valence-electron chi connectivity index (χ0n) is 12.0. The van der Waals surface area contributed by atoms with Crippen LogP contribution in [0.5, 0.6) is 0 Å². The fourth-order valence-corrected chi connectivity index (χ4v) is 2.26. The van der Waals surface area contributed by atoms with E-state index in [0.717, 1.165) is 11.5 Å². The van der Waals surface area contributed by atoms with Crippen molar-refractivity contribution in [3.05, 3.63) is 64.1 Å². The monoisotopic (exact) mass is 308 g/mol. The Kier molecular flexibility index (Phi) is 3.84. The van der Waals surface area contributed by atoms with Crippen molar-refractivity contribution in [3.8, 4) is 6.07 Å². The predicted octanol–water partition coefficient (Wildman–Crippen LogP) is 2.16. The van der Waals surface area contributed by atoms with Crippen LogP contribution >= 0.6 is 0 Å². The highest BCUT2D eigenvalue weighted by atomic mass is 16.6. The number of pyridine rings is 1. The number of nitro benzene ring substituents is 1. The number of benzene rings is 1. The molecule has 0 bridgehead atoms. The van der Waals surface area contributed by atoms with E-state index in [0.29, 0.717) is 18.7 Å². The molecule has 0 aliphatic carbocycles. The predicted molar refractivity (Wildman–Crippen MR) is 83.0 cm³/mol. The van der Waals surface area contributed by atoms with Crippen molar-refractivity contribution >= 4 is 17.0 Å². The summed E-state index contributed by atoms with van der Waals surface area (Å²) in [6, 6.07) is 11.8. The van der Waals surface area contributed by atoms with E-state index in [4.69, 9.17) is 5.26 Å². The molecule has 23 heavy (non-hydrogen) atoms. The lowest BCUT2D eigenvalue weighted by Crippen LogP contribution is -2.08. The van der Waals surface area contributed by atoms with Crippen molar-refractivity contribution in [1.82, 2.24) is 14.6 Å². The molecule has 0 amide bonds. The van der Waals surface area contributed by atoms with Gasteiger partial charge in [-0.1, -0.05) is 6.07 Å². The number of anilines is 1. The first-order valence-corrected chi connectivity index (χ1v) is 6.90. The van der Waals surface area contributed by atoms with Crippen LogP contribution in [0, 0.1) is 21.4 Å². The molecule has 8 nitrogen and oxygen atoms in total. The van der Waals surface area contributed by atoms with Gasteiger partial charge in [0.05, 0.1) is 16.2 Å². The molecule has 0 saturated heterocycles. The summed E-state index contributed by atoms with van der Waals surface area (Å²) in [4.78, 5) is 10.2. The van der Waals surface area contributed by atoms with E-state index in [1.165, 1.54) is 12.1 Å². The quantitative estimate of drug-likeness (QED) is 0.571. The summed E-state index contributed by atoms with van der Waals surface area (Å²) in [5.41, 5.74) is 1.48. The summed E-state index contributed by atoms with van der Waals surface area (Å²) < 4.78 is 1.89. The highest BCUT2D eigenvalue weighted by molar-refractivity contribution is 5.61. The minimum Gasteiger partial charge on any atom is -0.384 e. The molecule has 1 aromatic carbocycles. The highest BCUT2D eigenvalue weighted by Gasteiger charge is 2.11. The van der Waals surface area contributed by atoms with Crippen LogP contribution in [0.15, 0.2) is 42.6 Å². The molecule has 2 heterocycles. The Bertz CT molecular complexity index is 912. The van der Waals surface area contributed by atoms with E-state index in [1.54, 1.807) is 6.07 Å². The number of non-ortho nitro benzene ring substituents is 1. The third-order valence-corrected chi connectivity index (χ3v) is 3.38. The first-order valence-electron chi connectivity index (χ1n) is 6.90. The lowest BCUT2D eigenvalue weighted by atomic mass is 10.1. The number of rotatable bonds is 5. The summed E-state index contributed by atoms with van der Waals surface area (Å²) in [6.07, 6.45) is 2.49. The molecule has 0 saturated carbocycles. The van der Waals surface area contributed by atoms with Crippen molar-refractivity contribution in [2.24, 2.45) is 0 Å². The van der Waals surface area contributed by atoms with Gasteiger partial charge >= 0.3 is 0 Å². The van der Waals surface area contributed by atoms with Gasteiger partial charge in [-0.25, -0.2) is 0 Å². The summed E-state index contributed by atoms with van der Waals surface area (Å²) in [5.74, 6) is 0.800. The van der Waals surface area contributed by atoms with Gasteiger partial charge in [-0.15, -0.1) is 10.2 Å². The third kappa shape index (κ3) is 2.94. The number of nitrogens with one attached hydrogen (secondary N) is 1. The van der Waals surface area contributed by atoms with Gasteiger partial charge in [-0.2, -0.15) is 5.26 Å². The second kappa shape index (κ2) is 6.11. The molecule has 8 heteroatoms. The maximum atomic E-state index is 10.7. The first kappa shape index (κ1) is 14.5. The Balaban J connectivity index is 1.71. The second-order valence-corrected chi connectivity index (χ2v) is 4.82. The average molecular weight is 308 g/mol. The molecule has 3 rings (SSSR count). The highest BCUT2D eigenvalue weighted by Crippen LogP contribution is 2.21. The van der Waals surface area contributed by atoms with E-state index in [2.05, 4.69) is 15.5 Å². The summed E-state index contributed by atoms with van der Waals surface area (Å²) in [7, 11) is 0. The van der Waals surface area contributed by atoms with Crippen LogP contribution in [0.2, 0.25) is 0 Å². The molecule has 1 N–H and O–H groups in total. The molecule has 3 aromatic rings. The zero-order valence-corrected chi connectivity index (χ0v) is 12.0. The number of nitro groups is 1. The Hall–Kier alpha value is -3.47. The molecule has 0 spiro atoms. The molecular weight excluding hydrogens is 296 g/mol. The number of fused-ring (bicyclic) bond motifs is 1. The van der Waals surface area contributed by atoms with Gasteiger partial charge in [0.1, 0.15) is 11.9 Å². The number of hydrogen-bond donors (Lipinski definition) is 1. The number of nitrogens with zero attached hydrogens (tertiary/aromatic N) is 5. The van der Waals surface area contributed by atoms with E-state index < -0.39 is 4.92 Å². The normalized spacial score (nSPS) is 10.4. The molecule has 2 aromatic heterocycles. The Labute approximate surface area is 131 Å². The molecule has 0 aliphatic heterocycles. The smallest absolute Gasteiger partial charge is 0.270 e. The van der Waals surface area contributed by atoms with Crippen LogP contribution in [-0.4, -0.2) is 26.1 Å². The molecule has 0 radical (unpaired) electrons. The molecule has 114 valence electrons. The van der Waals surface area contributed by atoms with Gasteiger partial charge in [0, 0.05) is 31.3 Å². The number of hydrogen-bond acceptors (Lipinski definition) is 6. The van der Waals surface area contributed by atoms with Gasteiger partial charge < -0.3 is 5.32 Å². The summed E-state index contributed by atoms with van der Waals surface area (Å²) in [6.45, 7) is 0.530. The topological polar surface area (TPSA) is 109 Å². The zero-order chi connectivity index (χ0) is 16.2. The van der Waals surface area contributed by atoms with Crippen molar-refractivity contribution in [2.75, 3.05) is 11.9 Å². The van der Waals surface area contributed by atoms with Crippen LogP contribution in [0.4, 0.5) is 11.4 Å². The maximum absolute atomic E-state index is 10.7. The fourth-order valence-electron chi connectivity index (χ4n) is 2.26. The number of nitriles is 1. The maximum Gasteiger partial charge on any atom is 0.270 e. The molecule has 0 fully saturated rings. The van der Waals surface area contributed by atoms with Gasteiger partial charge in [0.15, 0.2) is 5.65 Å². The molecular formula is C15H12N6O2. The van der Waals surface area contributed by atoms with Crippen LogP contribution in [-0.2, 0) is 6.42 Å². The van der Waals surface area contributed by atoms with E-state index in [9.17, 15) is 10.1 Å². The average Bonchev–Trinajstić information content (AvgIpc) is 2.98. The minimum atomic E-state index is -0.521. The van der Waals surface area contributed by atoms with E-state index in [1.807, 2.05) is 34.9 Å². The van der Waals surface area contributed by atoms with Crippen molar-refractivity contribution in [2.45, 2.75) is 6.42 Å². The number of aromatic nitrogens is 3. The van der Waals surface area contributed by atoms with Crippen LogP contribution < -0.4 is 5.32 Å². The molecule has 0 unspecified atom stereocenters. The van der Waals surface area contributed by atoms with E-state index >= 15 is 0 Å². The fraction of sp³-hybridized carbons (Fsp3) is 0.133. The Morgan fingerprint density at radius 2 is 2.17 bits per heavy atom. The molecule has 0 aliphatic rings. The van der Waals surface area contributed by atoms with Gasteiger partial charge in [-0.05, 0) is 18.2 Å². The van der Waals surface area contributed by atoms with Crippen LogP contribution in [0.25, 0.3) is 5.65 Å². The van der Waals surface area contributed by atoms with E-state index in [-0.39, 0.29) is 11.3 Å². The van der Waals surface area contributed by atoms with Crippen molar-refractivity contribution < 1.29 is 4.92 Å². The molecule has 0 atom stereocenters. The van der Waals surface area contributed by atoms with Crippen molar-refractivity contribution in [1.29, 1.82) is 5.26 Å². The summed E-state index contributed by atoms with van der Waals surface area (Å²) in [5, 5.41) is 31.1. The van der Waals surface area contributed by atoms with Gasteiger partial charge in [0.2, 0.25) is 0 Å². The lowest BCUT2D eigenvalue weighted by molar-refractivity contribution is -0.384. The van der Waals surface area contributed by atoms with Crippen molar-refractivity contribution in [3.63, 3.8) is 0 Å². The SMILES string of the molecule is N#Cc1cc([N+](=O)[O-])ccc1NCCc1nnc2ccccn12. The third-order valence-electron chi connectivity index (χ3n) is 3.38. The Morgan fingerprint density at radius 1 is 1.30 bits per heavy atom. The summed E-state index contributed by atoms with van der Waals surface area (Å²) >= 11 is 0. The van der Waals surface area contributed by atoms with Gasteiger partial charge in [0.25, 0.3) is 5.69 Å². The van der Waals surface area contributed by atoms with Gasteiger partial charge in [-0.3, -0.25) is 14.5 Å². The second-order valence-electron chi connectivity index (χ2n) is 4.82.